The molecule has 14 heavy (non-hydrogen) atoms. The highest BCUT2D eigenvalue weighted by Gasteiger charge is 2.01. The Hall–Kier alpha value is -0.830. The maximum absolute atomic E-state index is 10.1. The standard InChI is InChI=1S/C5H10.C4H10N2O.C2H6/c1-3-5-4-2;1-3(6-2)4(5)7;1-2/h3H,1,4-5H2,2H3;3,6H,1-2H3,(H2,5,7);1-2H3. The van der Waals surface area contributed by atoms with Gasteiger partial charge in [-0.2, -0.15) is 0 Å². The number of unbranched alkanes of at least 4 members (excludes halogenated alkanes) is 1. The number of allylic oxidation sites excluding steroid dienone is 1. The van der Waals surface area contributed by atoms with Gasteiger partial charge < -0.3 is 11.1 Å². The van der Waals surface area contributed by atoms with Crippen LogP contribution in [0.1, 0.15) is 40.5 Å². The van der Waals surface area contributed by atoms with Crippen LogP contribution in [0.5, 0.6) is 0 Å². The first-order chi connectivity index (χ1) is 6.59. The summed E-state index contributed by atoms with van der Waals surface area (Å²) in [5.74, 6) is -0.317. The number of hydrogen-bond acceptors (Lipinski definition) is 2. The first-order valence-corrected chi connectivity index (χ1v) is 5.17. The number of carbonyl (C=O) groups excluding carboxylic acids is 1. The summed E-state index contributed by atoms with van der Waals surface area (Å²) < 4.78 is 0. The van der Waals surface area contributed by atoms with Crippen LogP contribution >= 0.6 is 0 Å². The lowest BCUT2D eigenvalue weighted by Gasteiger charge is -2.01. The smallest absolute Gasteiger partial charge is 0.234 e. The molecule has 0 radical (unpaired) electrons. The Kier molecular flexibility index (Phi) is 24.3. The number of carbonyl (C=O) groups is 1. The van der Waals surface area contributed by atoms with Crippen molar-refractivity contribution in [3.63, 3.8) is 0 Å². The lowest BCUT2D eigenvalue weighted by atomic mass is 10.3. The van der Waals surface area contributed by atoms with Crippen LogP contribution in [-0.2, 0) is 4.79 Å². The lowest BCUT2D eigenvalue weighted by Crippen LogP contribution is -2.36. The third kappa shape index (κ3) is 22.5. The van der Waals surface area contributed by atoms with Crippen LogP contribution in [0.4, 0.5) is 0 Å². The molecule has 0 fully saturated rings. The van der Waals surface area contributed by atoms with Gasteiger partial charge in [0.15, 0.2) is 0 Å². The predicted octanol–water partition coefficient (Wildman–Crippen LogP) is 2.08. The van der Waals surface area contributed by atoms with E-state index in [4.69, 9.17) is 5.73 Å². The first kappa shape index (κ1) is 18.9. The highest BCUT2D eigenvalue weighted by atomic mass is 16.1. The minimum absolute atomic E-state index is 0.208. The maximum Gasteiger partial charge on any atom is 0.234 e. The van der Waals surface area contributed by atoms with E-state index in [0.29, 0.717) is 0 Å². The monoisotopic (exact) mass is 202 g/mol. The first-order valence-electron chi connectivity index (χ1n) is 5.17. The topological polar surface area (TPSA) is 55.1 Å². The van der Waals surface area contributed by atoms with E-state index < -0.39 is 0 Å². The van der Waals surface area contributed by atoms with E-state index in [1.807, 2.05) is 19.9 Å². The van der Waals surface area contributed by atoms with Gasteiger partial charge in [0.1, 0.15) is 0 Å². The third-order valence-electron chi connectivity index (χ3n) is 1.35. The normalized spacial score (nSPS) is 9.79. The summed E-state index contributed by atoms with van der Waals surface area (Å²) in [6.07, 6.45) is 4.31. The Labute approximate surface area is 88.8 Å². The van der Waals surface area contributed by atoms with Gasteiger partial charge in [-0.15, -0.1) is 6.58 Å². The average Bonchev–Trinajstić information content (AvgIpc) is 2.21. The Morgan fingerprint density at radius 3 is 2.00 bits per heavy atom. The van der Waals surface area contributed by atoms with Gasteiger partial charge in [-0.3, -0.25) is 4.79 Å². The molecule has 1 atom stereocenters. The van der Waals surface area contributed by atoms with Crippen molar-refractivity contribution in [1.29, 1.82) is 0 Å². The van der Waals surface area contributed by atoms with Crippen molar-refractivity contribution < 1.29 is 4.79 Å². The van der Waals surface area contributed by atoms with Crippen LogP contribution in [0.25, 0.3) is 0 Å². The maximum atomic E-state index is 10.1. The molecule has 0 aromatic carbocycles. The fourth-order valence-electron chi connectivity index (χ4n) is 0.346. The van der Waals surface area contributed by atoms with E-state index in [2.05, 4.69) is 18.8 Å². The van der Waals surface area contributed by atoms with Crippen LogP contribution in [0.2, 0.25) is 0 Å². The molecule has 0 aliphatic rings. The van der Waals surface area contributed by atoms with Crippen molar-refractivity contribution in [2.75, 3.05) is 7.05 Å². The number of nitrogens with one attached hydrogen (secondary N) is 1. The SMILES string of the molecule is C=CCCC.CC.CNC(C)C(N)=O. The molecule has 0 aromatic heterocycles. The Morgan fingerprint density at radius 1 is 1.57 bits per heavy atom. The minimum atomic E-state index is -0.317. The molecule has 0 rings (SSSR count). The summed E-state index contributed by atoms with van der Waals surface area (Å²) in [5, 5.41) is 2.69. The van der Waals surface area contributed by atoms with Gasteiger partial charge in [0.05, 0.1) is 6.04 Å². The molecule has 86 valence electrons. The zero-order valence-corrected chi connectivity index (χ0v) is 10.3. The second kappa shape index (κ2) is 18.1. The molecule has 3 heteroatoms. The molecule has 0 bridgehead atoms. The van der Waals surface area contributed by atoms with Gasteiger partial charge in [0, 0.05) is 0 Å². The summed E-state index contributed by atoms with van der Waals surface area (Å²) in [6, 6.07) is -0.208. The third-order valence-corrected chi connectivity index (χ3v) is 1.35. The minimum Gasteiger partial charge on any atom is -0.368 e. The fraction of sp³-hybridized carbons (Fsp3) is 0.727. The van der Waals surface area contributed by atoms with Gasteiger partial charge in [0.2, 0.25) is 5.91 Å². The van der Waals surface area contributed by atoms with Gasteiger partial charge in [-0.05, 0) is 20.4 Å². The molecule has 0 saturated heterocycles. The molecule has 0 aliphatic heterocycles. The fourth-order valence-corrected chi connectivity index (χ4v) is 0.346. The van der Waals surface area contributed by atoms with Crippen molar-refractivity contribution in [2.45, 2.75) is 46.6 Å². The molecule has 1 amide bonds. The molecule has 3 nitrogen and oxygen atoms in total. The average molecular weight is 202 g/mol. The van der Waals surface area contributed by atoms with E-state index in [0.717, 1.165) is 6.42 Å². The van der Waals surface area contributed by atoms with Crippen LogP contribution in [0.15, 0.2) is 12.7 Å². The van der Waals surface area contributed by atoms with Crippen molar-refractivity contribution in [3.05, 3.63) is 12.7 Å². The Bertz CT molecular complexity index is 124. The number of nitrogens with two attached hydrogens (primary N) is 1. The van der Waals surface area contributed by atoms with Crippen LogP contribution in [0.3, 0.4) is 0 Å². The van der Waals surface area contributed by atoms with Crippen molar-refractivity contribution in [2.24, 2.45) is 5.73 Å². The number of rotatable bonds is 4. The quantitative estimate of drug-likeness (QED) is 0.686. The van der Waals surface area contributed by atoms with Gasteiger partial charge in [-0.1, -0.05) is 33.3 Å². The highest BCUT2D eigenvalue weighted by Crippen LogP contribution is 1.82. The summed E-state index contributed by atoms with van der Waals surface area (Å²) in [6.45, 7) is 11.4. The largest absolute Gasteiger partial charge is 0.368 e. The molecule has 0 spiro atoms. The number of amides is 1. The Balaban J connectivity index is -0.000000152. The molecule has 0 aliphatic carbocycles. The van der Waals surface area contributed by atoms with Crippen molar-refractivity contribution in [3.8, 4) is 0 Å². The zero-order valence-electron chi connectivity index (χ0n) is 10.3. The second-order valence-corrected chi connectivity index (χ2v) is 2.49. The molecular weight excluding hydrogens is 176 g/mol. The second-order valence-electron chi connectivity index (χ2n) is 2.49. The number of primary amides is 1. The molecule has 3 N–H and O–H groups in total. The Morgan fingerprint density at radius 2 is 2.00 bits per heavy atom. The van der Waals surface area contributed by atoms with Gasteiger partial charge in [0.25, 0.3) is 0 Å². The molecular formula is C11H26N2O. The predicted molar refractivity (Wildman–Crippen MR) is 64.2 cm³/mol. The highest BCUT2D eigenvalue weighted by molar-refractivity contribution is 5.79. The van der Waals surface area contributed by atoms with Crippen molar-refractivity contribution in [1.82, 2.24) is 5.32 Å². The summed E-state index contributed by atoms with van der Waals surface area (Å²) in [4.78, 5) is 10.1. The van der Waals surface area contributed by atoms with Crippen LogP contribution in [-0.4, -0.2) is 19.0 Å². The molecule has 0 saturated carbocycles. The number of hydrogen-bond donors (Lipinski definition) is 2. The van der Waals surface area contributed by atoms with E-state index in [-0.39, 0.29) is 11.9 Å². The van der Waals surface area contributed by atoms with Crippen molar-refractivity contribution >= 4 is 5.91 Å². The van der Waals surface area contributed by atoms with Crippen LogP contribution < -0.4 is 11.1 Å². The number of likely N-dealkylation sites (N-methyl/N-ethyl adjacent to an activating group) is 1. The summed E-state index contributed by atoms with van der Waals surface area (Å²) >= 11 is 0. The van der Waals surface area contributed by atoms with E-state index in [1.54, 1.807) is 14.0 Å². The van der Waals surface area contributed by atoms with Crippen LogP contribution in [0, 0.1) is 0 Å². The van der Waals surface area contributed by atoms with E-state index >= 15 is 0 Å². The summed E-state index contributed by atoms with van der Waals surface area (Å²) in [5.41, 5.74) is 4.85. The summed E-state index contributed by atoms with van der Waals surface area (Å²) in [7, 11) is 1.69. The molecule has 0 aromatic rings. The van der Waals surface area contributed by atoms with E-state index in [1.165, 1.54) is 6.42 Å². The van der Waals surface area contributed by atoms with Gasteiger partial charge in [-0.25, -0.2) is 0 Å². The zero-order chi connectivity index (χ0) is 12.0. The van der Waals surface area contributed by atoms with Gasteiger partial charge >= 0.3 is 0 Å². The molecule has 0 heterocycles. The molecule has 1 unspecified atom stereocenters. The lowest BCUT2D eigenvalue weighted by molar-refractivity contribution is -0.119. The van der Waals surface area contributed by atoms with E-state index in [9.17, 15) is 4.79 Å².